The standard InChI is InChI=1S/C8H9N3O3S3/c1-5-9-10-8(15-5)11-17(13,14)7-3-2-6(4-12)16-7/h2-3,12H,4H2,1H3,(H,10,11). The lowest BCUT2D eigenvalue weighted by Crippen LogP contribution is -2.11. The molecule has 2 heterocycles. The summed E-state index contributed by atoms with van der Waals surface area (Å²) in [6.07, 6.45) is 0. The summed E-state index contributed by atoms with van der Waals surface area (Å²) >= 11 is 2.19. The van der Waals surface area contributed by atoms with E-state index in [4.69, 9.17) is 5.11 Å². The lowest BCUT2D eigenvalue weighted by atomic mass is 10.5. The molecule has 0 aliphatic rings. The summed E-state index contributed by atoms with van der Waals surface area (Å²) in [6.45, 7) is 1.57. The second-order valence-electron chi connectivity index (χ2n) is 3.11. The highest BCUT2D eigenvalue weighted by atomic mass is 32.2. The Morgan fingerprint density at radius 1 is 1.35 bits per heavy atom. The third kappa shape index (κ3) is 2.80. The first-order valence-electron chi connectivity index (χ1n) is 4.54. The van der Waals surface area contributed by atoms with E-state index in [1.54, 1.807) is 13.0 Å². The molecule has 92 valence electrons. The zero-order chi connectivity index (χ0) is 12.5. The fourth-order valence-corrected chi connectivity index (χ4v) is 4.13. The fourth-order valence-electron chi connectivity index (χ4n) is 1.09. The summed E-state index contributed by atoms with van der Waals surface area (Å²) in [7, 11) is -3.62. The maximum absolute atomic E-state index is 11.9. The minimum Gasteiger partial charge on any atom is -0.391 e. The number of aryl methyl sites for hydroxylation is 1. The molecule has 2 aromatic heterocycles. The second-order valence-corrected chi connectivity index (χ2v) is 7.37. The molecule has 0 aliphatic carbocycles. The van der Waals surface area contributed by atoms with Gasteiger partial charge in [-0.25, -0.2) is 8.42 Å². The van der Waals surface area contributed by atoms with Crippen molar-refractivity contribution >= 4 is 37.8 Å². The van der Waals surface area contributed by atoms with Crippen molar-refractivity contribution < 1.29 is 13.5 Å². The summed E-state index contributed by atoms with van der Waals surface area (Å²) in [6, 6.07) is 3.02. The van der Waals surface area contributed by atoms with E-state index in [1.165, 1.54) is 6.07 Å². The Morgan fingerprint density at radius 3 is 2.65 bits per heavy atom. The lowest BCUT2D eigenvalue weighted by molar-refractivity contribution is 0.285. The van der Waals surface area contributed by atoms with Gasteiger partial charge in [0.2, 0.25) is 5.13 Å². The molecule has 6 nitrogen and oxygen atoms in total. The average Bonchev–Trinajstić information content (AvgIpc) is 2.86. The summed E-state index contributed by atoms with van der Waals surface area (Å²) in [4.78, 5) is 0.596. The van der Waals surface area contributed by atoms with Crippen LogP contribution in [0.3, 0.4) is 0 Å². The summed E-state index contributed by atoms with van der Waals surface area (Å²) in [5.41, 5.74) is 0. The topological polar surface area (TPSA) is 92.2 Å². The number of sulfonamides is 1. The van der Waals surface area contributed by atoms with Crippen molar-refractivity contribution in [2.45, 2.75) is 17.7 Å². The molecule has 0 bridgehead atoms. The molecule has 0 radical (unpaired) electrons. The minimum atomic E-state index is -3.62. The van der Waals surface area contributed by atoms with Gasteiger partial charge in [0.25, 0.3) is 10.0 Å². The fraction of sp³-hybridized carbons (Fsp3) is 0.250. The normalized spacial score (nSPS) is 11.6. The van der Waals surface area contributed by atoms with Crippen LogP contribution >= 0.6 is 22.7 Å². The van der Waals surface area contributed by atoms with Crippen molar-refractivity contribution in [3.8, 4) is 0 Å². The smallest absolute Gasteiger partial charge is 0.273 e. The van der Waals surface area contributed by atoms with Gasteiger partial charge in [-0.1, -0.05) is 11.3 Å². The SMILES string of the molecule is Cc1nnc(NS(=O)(=O)c2ccc(CO)s2)s1. The van der Waals surface area contributed by atoms with Crippen LogP contribution in [0.1, 0.15) is 9.88 Å². The summed E-state index contributed by atoms with van der Waals surface area (Å²) < 4.78 is 26.3. The maximum atomic E-state index is 11.9. The highest BCUT2D eigenvalue weighted by molar-refractivity contribution is 7.94. The van der Waals surface area contributed by atoms with E-state index in [1.807, 2.05) is 0 Å². The van der Waals surface area contributed by atoms with Crippen molar-refractivity contribution in [1.29, 1.82) is 0 Å². The Balaban J connectivity index is 2.24. The van der Waals surface area contributed by atoms with Crippen LogP contribution in [-0.2, 0) is 16.6 Å². The number of nitrogens with zero attached hydrogens (tertiary/aromatic N) is 2. The molecule has 0 unspecified atom stereocenters. The highest BCUT2D eigenvalue weighted by Gasteiger charge is 2.18. The molecule has 9 heteroatoms. The molecule has 0 saturated heterocycles. The van der Waals surface area contributed by atoms with E-state index in [9.17, 15) is 8.42 Å². The molecule has 17 heavy (non-hydrogen) atoms. The molecule has 2 rings (SSSR count). The number of hydrogen-bond acceptors (Lipinski definition) is 7. The Kier molecular flexibility index (Phi) is 3.43. The molecule has 2 aromatic rings. The van der Waals surface area contributed by atoms with Crippen LogP contribution in [0.25, 0.3) is 0 Å². The Hall–Kier alpha value is -1.03. The first-order valence-corrected chi connectivity index (χ1v) is 7.65. The van der Waals surface area contributed by atoms with Gasteiger partial charge in [-0.15, -0.1) is 21.5 Å². The van der Waals surface area contributed by atoms with Gasteiger partial charge < -0.3 is 5.11 Å². The van der Waals surface area contributed by atoms with Crippen LogP contribution in [0.2, 0.25) is 0 Å². The molecule has 0 saturated carbocycles. The van der Waals surface area contributed by atoms with Crippen LogP contribution in [0.5, 0.6) is 0 Å². The van der Waals surface area contributed by atoms with Gasteiger partial charge >= 0.3 is 0 Å². The maximum Gasteiger partial charge on any atom is 0.273 e. The van der Waals surface area contributed by atoms with E-state index in [0.29, 0.717) is 9.88 Å². The zero-order valence-electron chi connectivity index (χ0n) is 8.74. The van der Waals surface area contributed by atoms with Crippen LogP contribution in [0.15, 0.2) is 16.3 Å². The average molecular weight is 291 g/mol. The van der Waals surface area contributed by atoms with E-state index in [0.717, 1.165) is 22.7 Å². The summed E-state index contributed by atoms with van der Waals surface area (Å²) in [5.74, 6) is 0. The minimum absolute atomic E-state index is 0.148. The molecular formula is C8H9N3O3S3. The van der Waals surface area contributed by atoms with E-state index in [-0.39, 0.29) is 15.9 Å². The molecular weight excluding hydrogens is 282 g/mol. The zero-order valence-corrected chi connectivity index (χ0v) is 11.2. The van der Waals surface area contributed by atoms with E-state index in [2.05, 4.69) is 14.9 Å². The Labute approximate surface area is 106 Å². The van der Waals surface area contributed by atoms with Crippen molar-refractivity contribution in [3.63, 3.8) is 0 Å². The van der Waals surface area contributed by atoms with Gasteiger partial charge in [0, 0.05) is 4.88 Å². The number of aromatic nitrogens is 2. The Bertz CT molecular complexity index is 617. The Morgan fingerprint density at radius 2 is 2.12 bits per heavy atom. The molecule has 0 spiro atoms. The molecule has 2 N–H and O–H groups in total. The van der Waals surface area contributed by atoms with Crippen LogP contribution in [0.4, 0.5) is 5.13 Å². The van der Waals surface area contributed by atoms with Gasteiger partial charge in [-0.2, -0.15) is 0 Å². The number of aliphatic hydroxyl groups excluding tert-OH is 1. The van der Waals surface area contributed by atoms with Gasteiger partial charge in [-0.05, 0) is 19.1 Å². The van der Waals surface area contributed by atoms with E-state index >= 15 is 0 Å². The van der Waals surface area contributed by atoms with Gasteiger partial charge in [0.15, 0.2) is 0 Å². The summed E-state index contributed by atoms with van der Waals surface area (Å²) in [5, 5.41) is 17.2. The number of rotatable bonds is 4. The molecule has 0 amide bonds. The van der Waals surface area contributed by atoms with Crippen molar-refractivity contribution in [1.82, 2.24) is 10.2 Å². The predicted molar refractivity (Wildman–Crippen MR) is 65.7 cm³/mol. The predicted octanol–water partition coefficient (Wildman–Crippen LogP) is 1.20. The number of anilines is 1. The first kappa shape index (κ1) is 12.4. The quantitative estimate of drug-likeness (QED) is 0.883. The van der Waals surface area contributed by atoms with Crippen LogP contribution < -0.4 is 4.72 Å². The van der Waals surface area contributed by atoms with Crippen molar-refractivity contribution in [3.05, 3.63) is 22.0 Å². The third-order valence-corrected chi connectivity index (χ3v) is 5.59. The third-order valence-electron chi connectivity index (χ3n) is 1.81. The second kappa shape index (κ2) is 4.69. The molecule has 0 aromatic carbocycles. The number of hydrogen-bond donors (Lipinski definition) is 2. The van der Waals surface area contributed by atoms with Crippen molar-refractivity contribution in [2.75, 3.05) is 4.72 Å². The molecule has 0 fully saturated rings. The highest BCUT2D eigenvalue weighted by Crippen LogP contribution is 2.25. The van der Waals surface area contributed by atoms with Crippen molar-refractivity contribution in [2.24, 2.45) is 0 Å². The largest absolute Gasteiger partial charge is 0.391 e. The molecule has 0 aliphatic heterocycles. The van der Waals surface area contributed by atoms with Gasteiger partial charge in [-0.3, -0.25) is 4.72 Å². The van der Waals surface area contributed by atoms with E-state index < -0.39 is 10.0 Å². The van der Waals surface area contributed by atoms with Crippen LogP contribution in [0, 0.1) is 6.92 Å². The lowest BCUT2D eigenvalue weighted by Gasteiger charge is -2.00. The number of thiophene rings is 1. The van der Waals surface area contributed by atoms with Crippen LogP contribution in [-0.4, -0.2) is 23.7 Å². The number of nitrogens with one attached hydrogen (secondary N) is 1. The molecule has 0 atom stereocenters. The first-order chi connectivity index (χ1) is 8.01. The van der Waals surface area contributed by atoms with Gasteiger partial charge in [0.1, 0.15) is 9.22 Å². The van der Waals surface area contributed by atoms with Gasteiger partial charge in [0.05, 0.1) is 6.61 Å². The monoisotopic (exact) mass is 291 g/mol. The number of aliphatic hydroxyl groups is 1.